The molecule has 44 heavy (non-hydrogen) atoms. The monoisotopic (exact) mass is 564 g/mol. The summed E-state index contributed by atoms with van der Waals surface area (Å²) >= 11 is 0. The Balaban J connectivity index is 1.24. The van der Waals surface area contributed by atoms with Gasteiger partial charge in [0.1, 0.15) is 22.3 Å². The zero-order chi connectivity index (χ0) is 29.1. The lowest BCUT2D eigenvalue weighted by atomic mass is 9.91. The van der Waals surface area contributed by atoms with Crippen molar-refractivity contribution in [3.05, 3.63) is 121 Å². The van der Waals surface area contributed by atoms with Crippen LogP contribution in [0.1, 0.15) is 11.4 Å². The summed E-state index contributed by atoms with van der Waals surface area (Å²) in [6.45, 7) is 4.20. The first-order valence-electron chi connectivity index (χ1n) is 14.9. The molecule has 0 amide bonds. The minimum absolute atomic E-state index is 0.897. The molecule has 0 saturated heterocycles. The molecular weight excluding hydrogens is 540 g/mol. The lowest BCUT2D eigenvalue weighted by molar-refractivity contribution is 0.669. The summed E-state index contributed by atoms with van der Waals surface area (Å²) in [6.07, 6.45) is 0. The molecule has 4 aromatic heterocycles. The van der Waals surface area contributed by atoms with Crippen LogP contribution in [-0.2, 0) is 0 Å². The second-order valence-corrected chi connectivity index (χ2v) is 11.8. The van der Waals surface area contributed by atoms with E-state index in [-0.39, 0.29) is 0 Å². The van der Waals surface area contributed by atoms with E-state index in [1.165, 1.54) is 0 Å². The van der Waals surface area contributed by atoms with E-state index in [1.54, 1.807) is 0 Å². The minimum Gasteiger partial charge on any atom is -0.455 e. The Morgan fingerprint density at radius 2 is 0.864 bits per heavy atom. The van der Waals surface area contributed by atoms with Gasteiger partial charge in [0.25, 0.3) is 0 Å². The molecule has 0 spiro atoms. The molecule has 0 aliphatic carbocycles. The number of hydrogen-bond donors (Lipinski definition) is 0. The van der Waals surface area contributed by atoms with Gasteiger partial charge in [-0.1, -0.05) is 72.8 Å². The van der Waals surface area contributed by atoms with Crippen molar-refractivity contribution in [1.29, 1.82) is 0 Å². The summed E-state index contributed by atoms with van der Waals surface area (Å²) < 4.78 is 12.8. The molecule has 0 unspecified atom stereocenters. The van der Waals surface area contributed by atoms with E-state index in [0.717, 1.165) is 110 Å². The molecule has 4 heteroatoms. The number of pyridine rings is 2. The van der Waals surface area contributed by atoms with Gasteiger partial charge in [0.05, 0.1) is 11.0 Å². The van der Waals surface area contributed by atoms with Crippen LogP contribution in [0.4, 0.5) is 0 Å². The van der Waals surface area contributed by atoms with Gasteiger partial charge in [-0.25, -0.2) is 0 Å². The number of rotatable bonds is 2. The van der Waals surface area contributed by atoms with Crippen molar-refractivity contribution >= 4 is 76.5 Å². The lowest BCUT2D eigenvalue weighted by Gasteiger charge is -2.16. The highest BCUT2D eigenvalue weighted by Crippen LogP contribution is 2.43. The Kier molecular flexibility index (Phi) is 4.55. The van der Waals surface area contributed by atoms with Crippen LogP contribution in [0.15, 0.2) is 118 Å². The highest BCUT2D eigenvalue weighted by molar-refractivity contribution is 6.24. The van der Waals surface area contributed by atoms with Gasteiger partial charge >= 0.3 is 0 Å². The molecule has 10 rings (SSSR count). The predicted octanol–water partition coefficient (Wildman–Crippen LogP) is 11.1. The van der Waals surface area contributed by atoms with Crippen molar-refractivity contribution in [1.82, 2.24) is 9.97 Å². The fourth-order valence-corrected chi connectivity index (χ4v) is 7.27. The molecule has 206 valence electrons. The van der Waals surface area contributed by atoms with Gasteiger partial charge in [-0.3, -0.25) is 9.97 Å². The van der Waals surface area contributed by atoms with Gasteiger partial charge in [-0.15, -0.1) is 0 Å². The van der Waals surface area contributed by atoms with E-state index in [0.29, 0.717) is 0 Å². The molecule has 4 heterocycles. The number of hydrogen-bond acceptors (Lipinski definition) is 4. The summed E-state index contributed by atoms with van der Waals surface area (Å²) in [5, 5.41) is 9.03. The van der Waals surface area contributed by atoms with Crippen molar-refractivity contribution in [3.63, 3.8) is 0 Å². The second-order valence-electron chi connectivity index (χ2n) is 11.8. The average molecular weight is 565 g/mol. The van der Waals surface area contributed by atoms with Crippen molar-refractivity contribution in [3.8, 4) is 22.3 Å². The third kappa shape index (κ3) is 3.12. The number of nitrogens with zero attached hydrogens (tertiary/aromatic N) is 2. The Bertz CT molecular complexity index is 2610. The highest BCUT2D eigenvalue weighted by Gasteiger charge is 2.20. The third-order valence-corrected chi connectivity index (χ3v) is 9.27. The van der Waals surface area contributed by atoms with Gasteiger partial charge in [-0.05, 0) is 61.4 Å². The third-order valence-electron chi connectivity index (χ3n) is 9.27. The molecule has 10 aromatic rings. The van der Waals surface area contributed by atoms with E-state index < -0.39 is 0 Å². The van der Waals surface area contributed by atoms with E-state index in [4.69, 9.17) is 18.8 Å². The number of benzene rings is 6. The zero-order valence-corrected chi connectivity index (χ0v) is 24.1. The lowest BCUT2D eigenvalue weighted by Crippen LogP contribution is -1.97. The molecular formula is C40H24N2O2. The van der Waals surface area contributed by atoms with Crippen molar-refractivity contribution < 1.29 is 8.83 Å². The molecule has 4 nitrogen and oxygen atoms in total. The van der Waals surface area contributed by atoms with Gasteiger partial charge in [0, 0.05) is 65.6 Å². The molecule has 0 fully saturated rings. The van der Waals surface area contributed by atoms with Crippen LogP contribution in [-0.4, -0.2) is 9.97 Å². The summed E-state index contributed by atoms with van der Waals surface area (Å²) in [4.78, 5) is 10.4. The van der Waals surface area contributed by atoms with Gasteiger partial charge in [0.15, 0.2) is 0 Å². The average Bonchev–Trinajstić information content (AvgIpc) is 3.62. The van der Waals surface area contributed by atoms with Crippen LogP contribution in [0.2, 0.25) is 0 Å². The number of fused-ring (bicyclic) bond motifs is 6. The van der Waals surface area contributed by atoms with Crippen LogP contribution < -0.4 is 0 Å². The molecule has 0 aliphatic rings. The number of aryl methyl sites for hydroxylation is 2. The molecule has 0 bridgehead atoms. The van der Waals surface area contributed by atoms with Crippen molar-refractivity contribution in [2.45, 2.75) is 13.8 Å². The second kappa shape index (κ2) is 8.42. The minimum atomic E-state index is 0.897. The molecule has 6 aromatic carbocycles. The maximum atomic E-state index is 6.40. The Hall–Kier alpha value is -5.74. The first-order valence-corrected chi connectivity index (χ1v) is 14.9. The topological polar surface area (TPSA) is 52.1 Å². The number of para-hydroxylation sites is 4. The van der Waals surface area contributed by atoms with E-state index in [9.17, 15) is 0 Å². The maximum absolute atomic E-state index is 6.40. The van der Waals surface area contributed by atoms with Crippen LogP contribution in [0.5, 0.6) is 0 Å². The van der Waals surface area contributed by atoms with E-state index >= 15 is 0 Å². The van der Waals surface area contributed by atoms with Crippen LogP contribution in [0, 0.1) is 13.8 Å². The first-order chi connectivity index (χ1) is 21.6. The van der Waals surface area contributed by atoms with Crippen molar-refractivity contribution in [2.24, 2.45) is 0 Å². The fraction of sp³-hybridized carbons (Fsp3) is 0.0500. The quantitative estimate of drug-likeness (QED) is 0.196. The van der Waals surface area contributed by atoms with E-state index in [1.807, 2.05) is 24.3 Å². The fourth-order valence-electron chi connectivity index (χ4n) is 7.27. The molecule has 0 saturated carbocycles. The first kappa shape index (κ1) is 23.8. The van der Waals surface area contributed by atoms with E-state index in [2.05, 4.69) is 98.8 Å². The zero-order valence-electron chi connectivity index (χ0n) is 24.1. The summed E-state index contributed by atoms with van der Waals surface area (Å²) in [5.74, 6) is 0. The summed E-state index contributed by atoms with van der Waals surface area (Å²) in [7, 11) is 0. The molecule has 0 N–H and O–H groups in total. The SMILES string of the molecule is Cc1nc2cc(-c3cccc4c3oc3ccccc34)cc3c(C)nc4cc(-c5cccc6c5oc5ccccc56)cc1c4c23. The highest BCUT2D eigenvalue weighted by atomic mass is 16.3. The largest absolute Gasteiger partial charge is 0.455 e. The van der Waals surface area contributed by atoms with Crippen LogP contribution in [0.3, 0.4) is 0 Å². The summed E-state index contributed by atoms with van der Waals surface area (Å²) in [6, 6.07) is 38.1. The normalized spacial score (nSPS) is 12.3. The van der Waals surface area contributed by atoms with Gasteiger partial charge in [0.2, 0.25) is 0 Å². The molecule has 0 radical (unpaired) electrons. The predicted molar refractivity (Wildman–Crippen MR) is 181 cm³/mol. The molecule has 0 atom stereocenters. The Morgan fingerprint density at radius 3 is 1.34 bits per heavy atom. The van der Waals surface area contributed by atoms with Gasteiger partial charge in [-0.2, -0.15) is 0 Å². The Labute approximate surface area is 251 Å². The molecule has 0 aliphatic heterocycles. The Morgan fingerprint density at radius 1 is 0.432 bits per heavy atom. The number of furan rings is 2. The maximum Gasteiger partial charge on any atom is 0.143 e. The number of aromatic nitrogens is 2. The van der Waals surface area contributed by atoms with Crippen LogP contribution >= 0.6 is 0 Å². The summed E-state index contributed by atoms with van der Waals surface area (Å²) in [5.41, 5.74) is 11.8. The van der Waals surface area contributed by atoms with Crippen LogP contribution in [0.25, 0.3) is 98.7 Å². The standard InChI is InChI=1S/C40H24N2O2/c1-21-31-17-23(25-11-7-13-29-27-9-3-5-15-35(27)43-39(25)29)20-34-37(31)38-32(22(2)42-34)18-24(19-33(38)41-21)26-12-8-14-30-28-10-4-6-16-36(28)44-40(26)30/h3-20H,1-2H3. The van der Waals surface area contributed by atoms with Gasteiger partial charge < -0.3 is 8.83 Å². The van der Waals surface area contributed by atoms with Crippen molar-refractivity contribution in [2.75, 3.05) is 0 Å². The smallest absolute Gasteiger partial charge is 0.143 e.